The van der Waals surface area contributed by atoms with Gasteiger partial charge in [0.15, 0.2) is 0 Å². The summed E-state index contributed by atoms with van der Waals surface area (Å²) in [5.41, 5.74) is 1.02. The Kier molecular flexibility index (Phi) is 36.4. The summed E-state index contributed by atoms with van der Waals surface area (Å²) in [4.78, 5) is 9.12. The van der Waals surface area contributed by atoms with E-state index < -0.39 is 12.6 Å². The van der Waals surface area contributed by atoms with Gasteiger partial charge in [0.25, 0.3) is 0 Å². The minimum atomic E-state index is -1.19. The molecule has 0 radical (unpaired) electrons. The maximum atomic E-state index is 9.12. The van der Waals surface area contributed by atoms with Crippen molar-refractivity contribution >= 4 is 31.2 Å². The van der Waals surface area contributed by atoms with Crippen LogP contribution in [0.3, 0.4) is 0 Å². The third kappa shape index (κ3) is 34.3. The van der Waals surface area contributed by atoms with Crippen LogP contribution in [-0.2, 0) is 39.8 Å². The minimum absolute atomic E-state index is 0.0279. The number of benzene rings is 1. The molecule has 0 bridgehead atoms. The molecule has 1 aromatic rings. The van der Waals surface area contributed by atoms with E-state index in [0.29, 0.717) is 92.5 Å². The van der Waals surface area contributed by atoms with Crippen LogP contribution in [0.1, 0.15) is 56.9 Å². The average molecular weight is 713 g/mol. The summed E-state index contributed by atoms with van der Waals surface area (Å²) in [5.74, 6) is 2.34. The Morgan fingerprint density at radius 3 is 1.23 bits per heavy atom. The first kappa shape index (κ1) is 45.7. The molecule has 0 aliphatic rings. The number of aliphatic hydroxyl groups is 2. The summed E-state index contributed by atoms with van der Waals surface area (Å²) in [6.45, 7) is 6.43. The number of hydrogen-bond donors (Lipinski definition) is 5. The van der Waals surface area contributed by atoms with Crippen LogP contribution in [0.4, 0.5) is 0 Å². The number of aliphatic carboxylic acids is 1. The average Bonchev–Trinajstić information content (AvgIpc) is 3.07. The van der Waals surface area contributed by atoms with E-state index in [9.17, 15) is 0 Å². The number of thiol groups is 2. The van der Waals surface area contributed by atoms with Crippen molar-refractivity contribution in [3.8, 4) is 11.5 Å². The molecule has 0 unspecified atom stereocenters. The van der Waals surface area contributed by atoms with Gasteiger partial charge < -0.3 is 53.2 Å². The molecule has 0 heterocycles. The molecule has 276 valence electrons. The zero-order valence-corrected chi connectivity index (χ0v) is 29.8. The Hall–Kier alpha value is -1.33. The second kappa shape index (κ2) is 37.5. The molecule has 0 aromatic heterocycles. The normalized spacial score (nSPS) is 10.9. The van der Waals surface area contributed by atoms with Crippen LogP contribution in [0.15, 0.2) is 18.2 Å². The number of carboxylic acid groups (broad SMARTS) is 1. The molecule has 0 atom stereocenters. The van der Waals surface area contributed by atoms with Crippen molar-refractivity contribution in [1.82, 2.24) is 0 Å². The Morgan fingerprint density at radius 2 is 0.872 bits per heavy atom. The van der Waals surface area contributed by atoms with E-state index in [-0.39, 0.29) is 6.61 Å². The number of rotatable bonds is 34. The lowest BCUT2D eigenvalue weighted by atomic mass is 10.2. The molecule has 14 heteroatoms. The first-order valence-corrected chi connectivity index (χ1v) is 17.8. The van der Waals surface area contributed by atoms with Crippen molar-refractivity contribution in [3.63, 3.8) is 0 Å². The molecule has 1 rings (SSSR count). The highest BCUT2D eigenvalue weighted by atomic mass is 32.1. The molecule has 0 amide bonds. The Balaban J connectivity index is 0.00000391. The van der Waals surface area contributed by atoms with Crippen molar-refractivity contribution in [2.45, 2.75) is 58.0 Å². The van der Waals surface area contributed by atoms with Gasteiger partial charge in [0.05, 0.1) is 99.1 Å². The summed E-state index contributed by atoms with van der Waals surface area (Å²) < 4.78 is 45.0. The number of ether oxygens (including phenoxy) is 8. The smallest absolute Gasteiger partial charge is 0.329 e. The van der Waals surface area contributed by atoms with Gasteiger partial charge in [0, 0.05) is 6.07 Å². The Bertz CT molecular complexity index is 773. The van der Waals surface area contributed by atoms with Gasteiger partial charge in [0.1, 0.15) is 18.1 Å². The van der Waals surface area contributed by atoms with E-state index >= 15 is 0 Å². The summed E-state index contributed by atoms with van der Waals surface area (Å²) in [6, 6.07) is 6.04. The van der Waals surface area contributed by atoms with E-state index in [0.717, 1.165) is 67.1 Å². The fourth-order valence-corrected chi connectivity index (χ4v) is 4.20. The number of aliphatic hydroxyl groups excluding tert-OH is 2. The Labute approximate surface area is 292 Å². The summed E-state index contributed by atoms with van der Waals surface area (Å²) in [6.07, 6.45) is 9.03. The standard InChI is InChI=1S/C31H56O9S2.C2H4O3/c32-9-12-33-13-14-34-15-16-35-17-18-36-19-20-37-21-22-38-28-29-25-30(39-10-5-1-3-7-23-41)27-31(26-29)40-11-6-2-4-8-24-42;3-1-2(4)5/h25-27,32,41-42H,1-24,28H2;3H,1H2,(H,4,5). The van der Waals surface area contributed by atoms with E-state index in [1.165, 1.54) is 12.8 Å². The van der Waals surface area contributed by atoms with Crippen molar-refractivity contribution in [1.29, 1.82) is 0 Å². The molecule has 1 aromatic carbocycles. The van der Waals surface area contributed by atoms with Gasteiger partial charge in [-0.2, -0.15) is 25.3 Å². The predicted octanol–water partition coefficient (Wildman–Crippen LogP) is 4.08. The quantitative estimate of drug-likeness (QED) is 0.0518. The van der Waals surface area contributed by atoms with Crippen LogP contribution in [0.25, 0.3) is 0 Å². The van der Waals surface area contributed by atoms with Gasteiger partial charge in [-0.25, -0.2) is 4.79 Å². The van der Waals surface area contributed by atoms with Crippen LogP contribution in [0, 0.1) is 0 Å². The monoisotopic (exact) mass is 712 g/mol. The van der Waals surface area contributed by atoms with E-state index in [2.05, 4.69) is 25.3 Å². The molecule has 0 aliphatic carbocycles. The molecule has 0 fully saturated rings. The largest absolute Gasteiger partial charge is 0.493 e. The second-order valence-electron chi connectivity index (χ2n) is 10.2. The van der Waals surface area contributed by atoms with Gasteiger partial charge in [-0.05, 0) is 54.9 Å². The van der Waals surface area contributed by atoms with Crippen molar-refractivity contribution in [3.05, 3.63) is 23.8 Å². The lowest BCUT2D eigenvalue weighted by Crippen LogP contribution is -2.14. The summed E-state index contributed by atoms with van der Waals surface area (Å²) in [7, 11) is 0. The van der Waals surface area contributed by atoms with E-state index in [1.807, 2.05) is 18.2 Å². The number of unbranched alkanes of at least 4 members (excludes halogenated alkanes) is 6. The van der Waals surface area contributed by atoms with Crippen molar-refractivity contribution in [2.75, 3.05) is 111 Å². The zero-order chi connectivity index (χ0) is 34.5. The summed E-state index contributed by atoms with van der Waals surface area (Å²) >= 11 is 8.55. The molecule has 0 aliphatic heterocycles. The van der Waals surface area contributed by atoms with Crippen LogP contribution >= 0.6 is 25.3 Å². The van der Waals surface area contributed by atoms with Crippen LogP contribution in [0.2, 0.25) is 0 Å². The van der Waals surface area contributed by atoms with Crippen molar-refractivity contribution in [2.24, 2.45) is 0 Å². The lowest BCUT2D eigenvalue weighted by molar-refractivity contribution is -0.140. The molecule has 0 saturated carbocycles. The topological polar surface area (TPSA) is 152 Å². The first-order valence-electron chi connectivity index (χ1n) is 16.6. The zero-order valence-electron chi connectivity index (χ0n) is 28.0. The van der Waals surface area contributed by atoms with Gasteiger partial charge in [-0.3, -0.25) is 0 Å². The minimum Gasteiger partial charge on any atom is -0.493 e. The van der Waals surface area contributed by atoms with Gasteiger partial charge in [0.2, 0.25) is 0 Å². The highest BCUT2D eigenvalue weighted by Crippen LogP contribution is 2.24. The molecule has 12 nitrogen and oxygen atoms in total. The van der Waals surface area contributed by atoms with E-state index in [1.54, 1.807) is 0 Å². The first-order chi connectivity index (χ1) is 23.1. The fourth-order valence-electron chi connectivity index (χ4n) is 3.75. The second-order valence-corrected chi connectivity index (χ2v) is 11.1. The van der Waals surface area contributed by atoms with Gasteiger partial charge >= 0.3 is 5.97 Å². The summed E-state index contributed by atoms with van der Waals surface area (Å²) in [5, 5.41) is 23.6. The van der Waals surface area contributed by atoms with Crippen LogP contribution in [-0.4, -0.2) is 132 Å². The SMILES string of the molecule is O=C(O)CO.OCCOCCOCCOCCOCCOCCOCc1cc(OCCCCCCS)cc(OCCCCCCS)c1. The number of carboxylic acids is 1. The molecular weight excluding hydrogens is 652 g/mol. The van der Waals surface area contributed by atoms with Crippen molar-refractivity contribution < 1.29 is 58.0 Å². The van der Waals surface area contributed by atoms with Gasteiger partial charge in [-0.1, -0.05) is 25.7 Å². The molecule has 47 heavy (non-hydrogen) atoms. The maximum Gasteiger partial charge on any atom is 0.329 e. The third-order valence-corrected chi connectivity index (χ3v) is 6.71. The Morgan fingerprint density at radius 1 is 0.511 bits per heavy atom. The molecule has 0 saturated heterocycles. The highest BCUT2D eigenvalue weighted by molar-refractivity contribution is 7.80. The molecule has 3 N–H and O–H groups in total. The van der Waals surface area contributed by atoms with Crippen LogP contribution in [0.5, 0.6) is 11.5 Å². The number of carbonyl (C=O) groups is 1. The predicted molar refractivity (Wildman–Crippen MR) is 188 cm³/mol. The third-order valence-electron chi connectivity index (χ3n) is 6.08. The fraction of sp³-hybridized carbons (Fsp3) is 0.788. The van der Waals surface area contributed by atoms with Crippen LogP contribution < -0.4 is 9.47 Å². The van der Waals surface area contributed by atoms with E-state index in [4.69, 9.17) is 58.0 Å². The maximum absolute atomic E-state index is 9.12. The van der Waals surface area contributed by atoms with Gasteiger partial charge in [-0.15, -0.1) is 0 Å². The molecule has 0 spiro atoms. The lowest BCUT2D eigenvalue weighted by Gasteiger charge is -2.13. The molecular formula is C33H60O12S2. The number of hydrogen-bond acceptors (Lipinski definition) is 13. The highest BCUT2D eigenvalue weighted by Gasteiger charge is 2.05.